The lowest BCUT2D eigenvalue weighted by atomic mass is 10.1. The topological polar surface area (TPSA) is 52.3 Å². The van der Waals surface area contributed by atoms with Gasteiger partial charge in [-0.05, 0) is 25.1 Å². The van der Waals surface area contributed by atoms with Crippen LogP contribution in [0.1, 0.15) is 17.3 Å². The fourth-order valence-electron chi connectivity index (χ4n) is 1.44. The standard InChI is InChI=1S/C12H9Cl2NO3/c1-2-17-12(16)8-6-15-18-11(8)7-3-4-9(13)10(14)5-7/h3-6H,2H2,1H3. The van der Waals surface area contributed by atoms with E-state index < -0.39 is 5.97 Å². The van der Waals surface area contributed by atoms with Gasteiger partial charge in [0.05, 0.1) is 22.8 Å². The summed E-state index contributed by atoms with van der Waals surface area (Å²) in [7, 11) is 0. The molecule has 2 rings (SSSR count). The summed E-state index contributed by atoms with van der Waals surface area (Å²) in [5.41, 5.74) is 0.875. The molecule has 1 aromatic carbocycles. The van der Waals surface area contributed by atoms with E-state index in [1.807, 2.05) is 0 Å². The molecule has 0 radical (unpaired) electrons. The van der Waals surface area contributed by atoms with Gasteiger partial charge in [0.15, 0.2) is 5.76 Å². The van der Waals surface area contributed by atoms with Gasteiger partial charge in [-0.3, -0.25) is 0 Å². The molecule has 0 unspecified atom stereocenters. The summed E-state index contributed by atoms with van der Waals surface area (Å²) in [6.45, 7) is 2.01. The minimum absolute atomic E-state index is 0.259. The Morgan fingerprint density at radius 1 is 1.39 bits per heavy atom. The Morgan fingerprint density at radius 2 is 2.17 bits per heavy atom. The van der Waals surface area contributed by atoms with Crippen LogP contribution >= 0.6 is 23.2 Å². The number of nitrogens with zero attached hydrogens (tertiary/aromatic N) is 1. The SMILES string of the molecule is CCOC(=O)c1cnoc1-c1ccc(Cl)c(Cl)c1. The van der Waals surface area contributed by atoms with Crippen LogP contribution in [0, 0.1) is 0 Å². The van der Waals surface area contributed by atoms with E-state index in [0.717, 1.165) is 0 Å². The molecule has 0 aliphatic rings. The highest BCUT2D eigenvalue weighted by Crippen LogP contribution is 2.30. The van der Waals surface area contributed by atoms with Crippen LogP contribution in [0.5, 0.6) is 0 Å². The molecule has 94 valence electrons. The van der Waals surface area contributed by atoms with Crippen molar-refractivity contribution in [3.05, 3.63) is 40.0 Å². The van der Waals surface area contributed by atoms with E-state index in [2.05, 4.69) is 5.16 Å². The van der Waals surface area contributed by atoms with Crippen molar-refractivity contribution < 1.29 is 14.1 Å². The fraction of sp³-hybridized carbons (Fsp3) is 0.167. The van der Waals surface area contributed by atoms with Gasteiger partial charge >= 0.3 is 5.97 Å². The average molecular weight is 286 g/mol. The van der Waals surface area contributed by atoms with E-state index >= 15 is 0 Å². The first-order chi connectivity index (χ1) is 8.63. The van der Waals surface area contributed by atoms with Gasteiger partial charge in [0.25, 0.3) is 0 Å². The van der Waals surface area contributed by atoms with Gasteiger partial charge < -0.3 is 9.26 Å². The summed E-state index contributed by atoms with van der Waals surface area (Å²) in [5, 5.41) is 4.41. The smallest absolute Gasteiger partial charge is 0.343 e. The maximum absolute atomic E-state index is 11.7. The highest BCUT2D eigenvalue weighted by molar-refractivity contribution is 6.42. The maximum atomic E-state index is 11.7. The van der Waals surface area contributed by atoms with E-state index in [4.69, 9.17) is 32.5 Å². The number of hydrogen-bond donors (Lipinski definition) is 0. The molecule has 1 heterocycles. The van der Waals surface area contributed by atoms with Crippen molar-refractivity contribution >= 4 is 29.2 Å². The highest BCUT2D eigenvalue weighted by atomic mass is 35.5. The van der Waals surface area contributed by atoms with Crippen LogP contribution < -0.4 is 0 Å². The largest absolute Gasteiger partial charge is 0.462 e. The maximum Gasteiger partial charge on any atom is 0.343 e. The zero-order valence-electron chi connectivity index (χ0n) is 9.44. The summed E-state index contributed by atoms with van der Waals surface area (Å²) >= 11 is 11.7. The van der Waals surface area contributed by atoms with Crippen molar-refractivity contribution in [2.75, 3.05) is 6.61 Å². The molecule has 1 aromatic heterocycles. The van der Waals surface area contributed by atoms with Crippen molar-refractivity contribution in [3.63, 3.8) is 0 Å². The van der Waals surface area contributed by atoms with E-state index in [0.29, 0.717) is 21.4 Å². The van der Waals surface area contributed by atoms with Crippen LogP contribution in [0.25, 0.3) is 11.3 Å². The summed E-state index contributed by atoms with van der Waals surface area (Å²) in [4.78, 5) is 11.7. The molecule has 0 N–H and O–H groups in total. The second kappa shape index (κ2) is 5.42. The third-order valence-electron chi connectivity index (χ3n) is 2.25. The number of carbonyl (C=O) groups is 1. The molecule has 0 aliphatic heterocycles. The van der Waals surface area contributed by atoms with Gasteiger partial charge in [0.1, 0.15) is 5.56 Å². The van der Waals surface area contributed by atoms with Crippen molar-refractivity contribution in [1.29, 1.82) is 0 Å². The zero-order valence-corrected chi connectivity index (χ0v) is 11.0. The summed E-state index contributed by atoms with van der Waals surface area (Å²) in [6, 6.07) is 4.92. The first kappa shape index (κ1) is 12.9. The van der Waals surface area contributed by atoms with Crippen molar-refractivity contribution in [3.8, 4) is 11.3 Å². The summed E-state index contributed by atoms with van der Waals surface area (Å²) < 4.78 is 9.96. The Hall–Kier alpha value is -1.52. The lowest BCUT2D eigenvalue weighted by Crippen LogP contribution is -2.04. The Kier molecular flexibility index (Phi) is 3.89. The van der Waals surface area contributed by atoms with Gasteiger partial charge in [-0.1, -0.05) is 28.4 Å². The van der Waals surface area contributed by atoms with Crippen LogP contribution in [0.4, 0.5) is 0 Å². The van der Waals surface area contributed by atoms with Gasteiger partial charge in [0.2, 0.25) is 0 Å². The van der Waals surface area contributed by atoms with Crippen molar-refractivity contribution in [1.82, 2.24) is 5.16 Å². The van der Waals surface area contributed by atoms with E-state index in [-0.39, 0.29) is 12.2 Å². The first-order valence-corrected chi connectivity index (χ1v) is 5.96. The molecular formula is C12H9Cl2NO3. The molecule has 0 saturated carbocycles. The van der Waals surface area contributed by atoms with Crippen LogP contribution in [0.15, 0.2) is 28.9 Å². The fourth-order valence-corrected chi connectivity index (χ4v) is 1.74. The minimum Gasteiger partial charge on any atom is -0.462 e. The van der Waals surface area contributed by atoms with Crippen LogP contribution in [-0.2, 0) is 4.74 Å². The molecular weight excluding hydrogens is 277 g/mol. The number of ether oxygens (including phenoxy) is 1. The summed E-state index contributed by atoms with van der Waals surface area (Å²) in [6.07, 6.45) is 1.32. The number of halogens is 2. The molecule has 0 saturated heterocycles. The molecule has 2 aromatic rings. The molecule has 0 atom stereocenters. The molecule has 4 nitrogen and oxygen atoms in total. The monoisotopic (exact) mass is 285 g/mol. The normalized spacial score (nSPS) is 10.4. The summed E-state index contributed by atoms with van der Waals surface area (Å²) in [5.74, 6) is -0.174. The molecule has 0 amide bonds. The lowest BCUT2D eigenvalue weighted by molar-refractivity contribution is 0.0527. The predicted octanol–water partition coefficient (Wildman–Crippen LogP) is 3.83. The third-order valence-corrected chi connectivity index (χ3v) is 2.99. The van der Waals surface area contributed by atoms with Gasteiger partial charge in [-0.25, -0.2) is 4.79 Å². The van der Waals surface area contributed by atoms with Crippen molar-refractivity contribution in [2.24, 2.45) is 0 Å². The van der Waals surface area contributed by atoms with Gasteiger partial charge in [-0.2, -0.15) is 0 Å². The number of aromatic nitrogens is 1. The van der Waals surface area contributed by atoms with Crippen LogP contribution in [0.3, 0.4) is 0 Å². The quantitative estimate of drug-likeness (QED) is 0.805. The van der Waals surface area contributed by atoms with Crippen molar-refractivity contribution in [2.45, 2.75) is 6.92 Å². The predicted molar refractivity (Wildman–Crippen MR) is 67.9 cm³/mol. The van der Waals surface area contributed by atoms with E-state index in [9.17, 15) is 4.79 Å². The second-order valence-corrected chi connectivity index (χ2v) is 4.23. The number of esters is 1. The Morgan fingerprint density at radius 3 is 2.83 bits per heavy atom. The molecule has 0 aliphatic carbocycles. The molecule has 0 bridgehead atoms. The van der Waals surface area contributed by atoms with E-state index in [1.54, 1.807) is 25.1 Å². The Balaban J connectivity index is 2.42. The van der Waals surface area contributed by atoms with Gasteiger partial charge in [-0.15, -0.1) is 0 Å². The van der Waals surface area contributed by atoms with E-state index in [1.165, 1.54) is 6.20 Å². The third kappa shape index (κ3) is 2.49. The number of benzene rings is 1. The molecule has 6 heteroatoms. The highest BCUT2D eigenvalue weighted by Gasteiger charge is 2.19. The zero-order chi connectivity index (χ0) is 13.1. The molecule has 18 heavy (non-hydrogen) atoms. The average Bonchev–Trinajstić information content (AvgIpc) is 2.82. The van der Waals surface area contributed by atoms with Crippen LogP contribution in [0.2, 0.25) is 10.0 Å². The Bertz CT molecular complexity index is 580. The Labute approximate surface area is 113 Å². The number of carbonyl (C=O) groups excluding carboxylic acids is 1. The number of rotatable bonds is 3. The molecule has 0 spiro atoms. The van der Waals surface area contributed by atoms with Gasteiger partial charge in [0, 0.05) is 5.56 Å². The number of hydrogen-bond acceptors (Lipinski definition) is 4. The molecule has 0 fully saturated rings. The van der Waals surface area contributed by atoms with Crippen LogP contribution in [-0.4, -0.2) is 17.7 Å². The lowest BCUT2D eigenvalue weighted by Gasteiger charge is -2.02. The second-order valence-electron chi connectivity index (χ2n) is 3.42. The first-order valence-electron chi connectivity index (χ1n) is 5.20. The minimum atomic E-state index is -0.486.